The van der Waals surface area contributed by atoms with Crippen LogP contribution in [0.1, 0.15) is 0 Å². The first-order valence-electron chi connectivity index (χ1n) is 7.00. The number of hydrogen-bond donors (Lipinski definition) is 2. The summed E-state index contributed by atoms with van der Waals surface area (Å²) in [5.74, 6) is -0.685. The Morgan fingerprint density at radius 3 is 2.58 bits per heavy atom. The van der Waals surface area contributed by atoms with E-state index in [1.54, 1.807) is 12.1 Å². The van der Waals surface area contributed by atoms with Gasteiger partial charge in [-0.25, -0.2) is 9.18 Å². The van der Waals surface area contributed by atoms with Crippen molar-refractivity contribution in [1.82, 2.24) is 5.27 Å². The van der Waals surface area contributed by atoms with Gasteiger partial charge in [-0.15, -0.1) is 0 Å². The molecule has 0 fully saturated rings. The van der Waals surface area contributed by atoms with Crippen LogP contribution >= 0.6 is 11.8 Å². The molecule has 0 spiro atoms. The van der Waals surface area contributed by atoms with E-state index in [4.69, 9.17) is 4.52 Å². The molecule has 2 aromatic carbocycles. The molecule has 2 N–H and O–H groups in total. The van der Waals surface area contributed by atoms with Crippen molar-refractivity contribution in [3.05, 3.63) is 70.8 Å². The second kappa shape index (κ2) is 7.14. The number of anilines is 1. The predicted molar refractivity (Wildman–Crippen MR) is 86.6 cm³/mol. The Kier molecular flexibility index (Phi) is 4.76. The summed E-state index contributed by atoms with van der Waals surface area (Å²) in [5, 5.41) is 5.40. The number of benzene rings is 2. The molecule has 6 nitrogen and oxygen atoms in total. The third-order valence-corrected chi connectivity index (χ3v) is 4.12. The van der Waals surface area contributed by atoms with Crippen LogP contribution in [0.5, 0.6) is 0 Å². The monoisotopic (exact) mass is 346 g/mol. The predicted octanol–water partition coefficient (Wildman–Crippen LogP) is 2.11. The van der Waals surface area contributed by atoms with Crippen molar-refractivity contribution in [2.75, 3.05) is 11.1 Å². The van der Waals surface area contributed by atoms with Crippen LogP contribution in [0.3, 0.4) is 0 Å². The fourth-order valence-electron chi connectivity index (χ4n) is 2.00. The highest BCUT2D eigenvalue weighted by atomic mass is 32.2. The fraction of sp³-hybridized carbons (Fsp3) is 0.0625. The number of para-hydroxylation sites is 1. The van der Waals surface area contributed by atoms with Gasteiger partial charge in [0.1, 0.15) is 5.82 Å². The highest BCUT2D eigenvalue weighted by Gasteiger charge is 2.24. The Balaban J connectivity index is 1.69. The van der Waals surface area contributed by atoms with E-state index in [-0.39, 0.29) is 22.5 Å². The van der Waals surface area contributed by atoms with Crippen LogP contribution in [-0.4, -0.2) is 16.9 Å². The number of carbonyl (C=O) groups is 1. The van der Waals surface area contributed by atoms with E-state index < -0.39 is 5.63 Å². The number of amides is 1. The molecule has 0 saturated carbocycles. The van der Waals surface area contributed by atoms with Crippen LogP contribution in [-0.2, 0) is 4.79 Å². The van der Waals surface area contributed by atoms with Gasteiger partial charge < -0.3 is 5.32 Å². The number of carbonyl (C=O) groups excluding carboxylic acids is 1. The first kappa shape index (κ1) is 16.0. The van der Waals surface area contributed by atoms with E-state index in [0.717, 1.165) is 11.8 Å². The fourth-order valence-corrected chi connectivity index (χ4v) is 2.77. The molecule has 3 rings (SSSR count). The molecule has 1 amide bonds. The lowest BCUT2D eigenvalue weighted by Gasteiger charge is -2.03. The highest BCUT2D eigenvalue weighted by molar-refractivity contribution is 7.99. The summed E-state index contributed by atoms with van der Waals surface area (Å²) < 4.78 is 19.1. The Labute approximate surface area is 140 Å². The molecular weight excluding hydrogens is 333 g/mol. The topological polar surface area (TPSA) is 79.0 Å². The largest absolute Gasteiger partial charge is 0.442 e. The van der Waals surface area contributed by atoms with Gasteiger partial charge >= 0.3 is 10.7 Å². The zero-order valence-corrected chi connectivity index (χ0v) is 13.2. The maximum absolute atomic E-state index is 12.8. The zero-order chi connectivity index (χ0) is 16.9. The third kappa shape index (κ3) is 3.72. The van der Waals surface area contributed by atoms with Crippen molar-refractivity contribution in [3.63, 3.8) is 0 Å². The van der Waals surface area contributed by atoms with Crippen molar-refractivity contribution in [2.45, 2.75) is 5.03 Å². The molecule has 0 aliphatic carbocycles. The first-order valence-corrected chi connectivity index (χ1v) is 7.99. The minimum Gasteiger partial charge on any atom is -0.325 e. The lowest BCUT2D eigenvalue weighted by atomic mass is 10.3. The van der Waals surface area contributed by atoms with Crippen LogP contribution in [0, 0.1) is 5.82 Å². The summed E-state index contributed by atoms with van der Waals surface area (Å²) in [4.78, 5) is 23.8. The zero-order valence-electron chi connectivity index (χ0n) is 12.4. The van der Waals surface area contributed by atoms with E-state index in [2.05, 4.69) is 10.6 Å². The molecular formula is C16H13FN3O3S+. The van der Waals surface area contributed by atoms with Crippen LogP contribution in [0.2, 0.25) is 0 Å². The van der Waals surface area contributed by atoms with E-state index >= 15 is 0 Å². The summed E-state index contributed by atoms with van der Waals surface area (Å²) in [6.45, 7) is 0. The van der Waals surface area contributed by atoms with E-state index in [1.165, 1.54) is 28.9 Å². The van der Waals surface area contributed by atoms with E-state index in [9.17, 15) is 14.0 Å². The molecule has 1 aromatic heterocycles. The number of nitrogens with zero attached hydrogens (tertiary/aromatic N) is 1. The molecule has 122 valence electrons. The SMILES string of the molecule is O=C(CSc1c(=O)o[nH][n+]1-c1ccccc1)Nc1ccc(F)cc1. The summed E-state index contributed by atoms with van der Waals surface area (Å²) in [7, 11) is 0. The minimum absolute atomic E-state index is 0.00677. The molecule has 0 saturated heterocycles. The van der Waals surface area contributed by atoms with Crippen molar-refractivity contribution in [2.24, 2.45) is 0 Å². The van der Waals surface area contributed by atoms with Crippen molar-refractivity contribution >= 4 is 23.4 Å². The summed E-state index contributed by atoms with van der Waals surface area (Å²) in [6, 6.07) is 14.5. The first-order chi connectivity index (χ1) is 11.6. The van der Waals surface area contributed by atoms with Crippen molar-refractivity contribution in [1.29, 1.82) is 0 Å². The highest BCUT2D eigenvalue weighted by Crippen LogP contribution is 2.13. The number of aromatic amines is 1. The van der Waals surface area contributed by atoms with Crippen molar-refractivity contribution < 1.29 is 18.4 Å². The number of H-pyrrole nitrogens is 1. The van der Waals surface area contributed by atoms with Crippen molar-refractivity contribution in [3.8, 4) is 5.69 Å². The van der Waals surface area contributed by atoms with Gasteiger partial charge in [0.2, 0.25) is 11.6 Å². The second-order valence-electron chi connectivity index (χ2n) is 4.80. The van der Waals surface area contributed by atoms with Gasteiger partial charge in [0.25, 0.3) is 0 Å². The summed E-state index contributed by atoms with van der Waals surface area (Å²) >= 11 is 1.05. The molecule has 0 radical (unpaired) electrons. The normalized spacial score (nSPS) is 10.5. The summed E-state index contributed by atoms with van der Waals surface area (Å²) in [5.41, 5.74) is 0.641. The maximum Gasteiger partial charge on any atom is 0.442 e. The third-order valence-electron chi connectivity index (χ3n) is 3.09. The van der Waals surface area contributed by atoms with E-state index in [1.807, 2.05) is 18.2 Å². The Bertz CT molecular complexity index is 891. The van der Waals surface area contributed by atoms with Gasteiger partial charge in [-0.1, -0.05) is 18.2 Å². The number of rotatable bonds is 5. The molecule has 0 aliphatic heterocycles. The number of nitrogens with one attached hydrogen (secondary N) is 2. The molecule has 0 atom stereocenters. The lowest BCUT2D eigenvalue weighted by Crippen LogP contribution is -2.36. The van der Waals surface area contributed by atoms with Crippen LogP contribution in [0.4, 0.5) is 10.1 Å². The summed E-state index contributed by atoms with van der Waals surface area (Å²) in [6.07, 6.45) is 0. The standard InChI is InChI=1S/C16H12FN3O3S/c17-11-6-8-12(9-7-11)18-14(21)10-24-15-16(22)23-19-20(15)13-4-2-1-3-5-13/h1-9H,10H2,(H-,18,19,21,22)/p+1. The molecule has 1 heterocycles. The number of hydrogen-bond acceptors (Lipinski definition) is 4. The molecule has 3 aromatic rings. The second-order valence-corrected chi connectivity index (χ2v) is 5.76. The lowest BCUT2D eigenvalue weighted by molar-refractivity contribution is -0.704. The van der Waals surface area contributed by atoms with Crippen LogP contribution in [0.25, 0.3) is 5.69 Å². The Morgan fingerprint density at radius 1 is 1.17 bits per heavy atom. The maximum atomic E-state index is 12.8. The molecule has 8 heteroatoms. The molecule has 24 heavy (non-hydrogen) atoms. The Morgan fingerprint density at radius 2 is 1.88 bits per heavy atom. The Hall–Kier alpha value is -2.87. The van der Waals surface area contributed by atoms with Crippen LogP contribution in [0.15, 0.2) is 68.9 Å². The molecule has 0 unspecified atom stereocenters. The quantitative estimate of drug-likeness (QED) is 0.548. The average Bonchev–Trinajstić information content (AvgIpc) is 2.97. The van der Waals surface area contributed by atoms with Gasteiger partial charge in [-0.05, 0) is 46.0 Å². The van der Waals surface area contributed by atoms with Gasteiger partial charge in [0, 0.05) is 17.8 Å². The van der Waals surface area contributed by atoms with Gasteiger partial charge in [-0.3, -0.25) is 9.32 Å². The smallest absolute Gasteiger partial charge is 0.325 e. The van der Waals surface area contributed by atoms with Gasteiger partial charge in [0.15, 0.2) is 0 Å². The number of thioether (sulfide) groups is 1. The molecule has 0 bridgehead atoms. The van der Waals surface area contributed by atoms with Crippen LogP contribution < -0.4 is 15.6 Å². The molecule has 0 aliphatic rings. The minimum atomic E-state index is -0.557. The van der Waals surface area contributed by atoms with Gasteiger partial charge in [-0.2, -0.15) is 0 Å². The average molecular weight is 346 g/mol. The number of halogens is 1. The van der Waals surface area contributed by atoms with Gasteiger partial charge in [0.05, 0.1) is 5.75 Å². The van der Waals surface area contributed by atoms with E-state index in [0.29, 0.717) is 11.4 Å². The number of aromatic nitrogens is 2.